The quantitative estimate of drug-likeness (QED) is 0.789. The van der Waals surface area contributed by atoms with Crippen LogP contribution in [0.5, 0.6) is 0 Å². The Labute approximate surface area is 117 Å². The third-order valence-corrected chi connectivity index (χ3v) is 3.74. The van der Waals surface area contributed by atoms with E-state index in [9.17, 15) is 5.11 Å². The number of likely N-dealkylation sites (N-methyl/N-ethyl adjacent to an activating group) is 1. The summed E-state index contributed by atoms with van der Waals surface area (Å²) < 4.78 is 0. The van der Waals surface area contributed by atoms with E-state index in [0.717, 1.165) is 13.0 Å². The molecule has 0 radical (unpaired) electrons. The Morgan fingerprint density at radius 1 is 1.16 bits per heavy atom. The van der Waals surface area contributed by atoms with Crippen molar-refractivity contribution < 1.29 is 5.11 Å². The number of rotatable bonds is 7. The molecule has 1 aromatic carbocycles. The Morgan fingerprint density at radius 3 is 2.42 bits per heavy atom. The van der Waals surface area contributed by atoms with Crippen LogP contribution in [0.25, 0.3) is 0 Å². The molecule has 1 aromatic rings. The van der Waals surface area contributed by atoms with Crippen molar-refractivity contribution in [2.24, 2.45) is 5.73 Å². The van der Waals surface area contributed by atoms with Gasteiger partial charge < -0.3 is 15.7 Å². The summed E-state index contributed by atoms with van der Waals surface area (Å²) in [7, 11) is 2.05. The minimum Gasteiger partial charge on any atom is -0.392 e. The van der Waals surface area contributed by atoms with Gasteiger partial charge in [0.25, 0.3) is 0 Å². The SMILES string of the molecule is Cc1cc(C)c(CCN(C)CC(O)CCN)cc1C. The minimum absolute atomic E-state index is 0.309. The fourth-order valence-corrected chi connectivity index (χ4v) is 2.34. The second-order valence-corrected chi connectivity index (χ2v) is 5.61. The van der Waals surface area contributed by atoms with Crippen LogP contribution in [0.3, 0.4) is 0 Å². The molecule has 0 saturated heterocycles. The van der Waals surface area contributed by atoms with Gasteiger partial charge in [-0.1, -0.05) is 12.1 Å². The molecule has 108 valence electrons. The van der Waals surface area contributed by atoms with Crippen LogP contribution in [-0.4, -0.2) is 42.8 Å². The van der Waals surface area contributed by atoms with Crippen LogP contribution in [-0.2, 0) is 6.42 Å². The lowest BCUT2D eigenvalue weighted by atomic mass is 9.98. The van der Waals surface area contributed by atoms with Crippen molar-refractivity contribution in [1.82, 2.24) is 4.90 Å². The molecule has 0 fully saturated rings. The number of nitrogens with zero attached hydrogens (tertiary/aromatic N) is 1. The van der Waals surface area contributed by atoms with Gasteiger partial charge in [0.15, 0.2) is 0 Å². The summed E-state index contributed by atoms with van der Waals surface area (Å²) >= 11 is 0. The zero-order valence-electron chi connectivity index (χ0n) is 12.7. The molecular weight excluding hydrogens is 236 g/mol. The zero-order chi connectivity index (χ0) is 14.4. The molecule has 3 nitrogen and oxygen atoms in total. The molecule has 0 amide bonds. The van der Waals surface area contributed by atoms with Gasteiger partial charge in [-0.3, -0.25) is 0 Å². The second-order valence-electron chi connectivity index (χ2n) is 5.61. The third kappa shape index (κ3) is 5.31. The van der Waals surface area contributed by atoms with Gasteiger partial charge in [0.2, 0.25) is 0 Å². The molecule has 1 unspecified atom stereocenters. The van der Waals surface area contributed by atoms with Gasteiger partial charge in [-0.15, -0.1) is 0 Å². The lowest BCUT2D eigenvalue weighted by molar-refractivity contribution is 0.120. The van der Waals surface area contributed by atoms with E-state index < -0.39 is 0 Å². The maximum Gasteiger partial charge on any atom is 0.0679 e. The maximum atomic E-state index is 9.73. The molecule has 0 bridgehead atoms. The van der Waals surface area contributed by atoms with Gasteiger partial charge in [0.05, 0.1) is 6.10 Å². The normalized spacial score (nSPS) is 13.0. The summed E-state index contributed by atoms with van der Waals surface area (Å²) in [4.78, 5) is 2.18. The van der Waals surface area contributed by atoms with Crippen molar-refractivity contribution in [3.05, 3.63) is 34.4 Å². The van der Waals surface area contributed by atoms with Crippen molar-refractivity contribution in [1.29, 1.82) is 0 Å². The summed E-state index contributed by atoms with van der Waals surface area (Å²) in [5.74, 6) is 0. The fraction of sp³-hybridized carbons (Fsp3) is 0.625. The molecule has 0 heterocycles. The van der Waals surface area contributed by atoms with Gasteiger partial charge in [-0.2, -0.15) is 0 Å². The molecule has 0 aromatic heterocycles. The van der Waals surface area contributed by atoms with Crippen LogP contribution in [0.4, 0.5) is 0 Å². The van der Waals surface area contributed by atoms with Crippen molar-refractivity contribution in [2.75, 3.05) is 26.7 Å². The third-order valence-electron chi connectivity index (χ3n) is 3.74. The van der Waals surface area contributed by atoms with Crippen LogP contribution in [0.1, 0.15) is 28.7 Å². The number of aliphatic hydroxyl groups is 1. The molecule has 3 N–H and O–H groups in total. The Kier molecular flexibility index (Phi) is 6.49. The smallest absolute Gasteiger partial charge is 0.0679 e. The summed E-state index contributed by atoms with van der Waals surface area (Å²) in [5, 5.41) is 9.73. The van der Waals surface area contributed by atoms with Crippen LogP contribution in [0.2, 0.25) is 0 Å². The lowest BCUT2D eigenvalue weighted by Crippen LogP contribution is -2.32. The predicted octanol–water partition coefficient (Wildman–Crippen LogP) is 1.80. The molecule has 0 aliphatic carbocycles. The lowest BCUT2D eigenvalue weighted by Gasteiger charge is -2.21. The first-order chi connectivity index (χ1) is 8.93. The molecule has 0 aliphatic rings. The van der Waals surface area contributed by atoms with E-state index in [1.807, 2.05) is 0 Å². The van der Waals surface area contributed by atoms with E-state index in [1.165, 1.54) is 22.3 Å². The zero-order valence-corrected chi connectivity index (χ0v) is 12.7. The van der Waals surface area contributed by atoms with E-state index in [-0.39, 0.29) is 6.10 Å². The van der Waals surface area contributed by atoms with E-state index in [4.69, 9.17) is 5.73 Å². The van der Waals surface area contributed by atoms with E-state index >= 15 is 0 Å². The van der Waals surface area contributed by atoms with E-state index in [0.29, 0.717) is 19.5 Å². The highest BCUT2D eigenvalue weighted by Gasteiger charge is 2.08. The number of hydrogen-bond acceptors (Lipinski definition) is 3. The largest absolute Gasteiger partial charge is 0.392 e. The molecular formula is C16H28N2O. The van der Waals surface area contributed by atoms with Gasteiger partial charge in [0.1, 0.15) is 0 Å². The highest BCUT2D eigenvalue weighted by molar-refractivity contribution is 5.36. The summed E-state index contributed by atoms with van der Waals surface area (Å²) in [6.07, 6.45) is 1.39. The highest BCUT2D eigenvalue weighted by Crippen LogP contribution is 2.16. The van der Waals surface area contributed by atoms with Crippen LogP contribution in [0.15, 0.2) is 12.1 Å². The highest BCUT2D eigenvalue weighted by atomic mass is 16.3. The van der Waals surface area contributed by atoms with E-state index in [2.05, 4.69) is 44.9 Å². The molecule has 3 heteroatoms. The van der Waals surface area contributed by atoms with Crippen LogP contribution in [0, 0.1) is 20.8 Å². The predicted molar refractivity (Wildman–Crippen MR) is 81.5 cm³/mol. The van der Waals surface area contributed by atoms with Crippen molar-refractivity contribution in [3.63, 3.8) is 0 Å². The first kappa shape index (κ1) is 16.2. The first-order valence-electron chi connectivity index (χ1n) is 7.07. The molecule has 0 spiro atoms. The molecule has 1 rings (SSSR count). The van der Waals surface area contributed by atoms with Gasteiger partial charge in [0, 0.05) is 13.1 Å². The average Bonchev–Trinajstić information content (AvgIpc) is 2.32. The molecule has 0 saturated carbocycles. The Morgan fingerprint density at radius 2 is 1.79 bits per heavy atom. The van der Waals surface area contributed by atoms with Gasteiger partial charge in [-0.25, -0.2) is 0 Å². The maximum absolute atomic E-state index is 9.73. The average molecular weight is 264 g/mol. The molecule has 1 atom stereocenters. The number of nitrogens with two attached hydrogens (primary N) is 1. The molecule has 0 aliphatic heterocycles. The second kappa shape index (κ2) is 7.63. The van der Waals surface area contributed by atoms with Crippen LogP contribution < -0.4 is 5.73 Å². The fourth-order valence-electron chi connectivity index (χ4n) is 2.34. The summed E-state index contributed by atoms with van der Waals surface area (Å²) in [6, 6.07) is 4.54. The van der Waals surface area contributed by atoms with Crippen molar-refractivity contribution in [2.45, 2.75) is 39.7 Å². The number of aliphatic hydroxyl groups excluding tert-OH is 1. The first-order valence-corrected chi connectivity index (χ1v) is 7.07. The Bertz CT molecular complexity index is 404. The number of hydrogen-bond donors (Lipinski definition) is 2. The van der Waals surface area contributed by atoms with Crippen molar-refractivity contribution in [3.8, 4) is 0 Å². The van der Waals surface area contributed by atoms with Crippen molar-refractivity contribution >= 4 is 0 Å². The van der Waals surface area contributed by atoms with Crippen LogP contribution >= 0.6 is 0 Å². The summed E-state index contributed by atoms with van der Waals surface area (Å²) in [6.45, 7) is 8.69. The number of aryl methyl sites for hydroxylation is 3. The Balaban J connectivity index is 2.50. The number of benzene rings is 1. The van der Waals surface area contributed by atoms with Gasteiger partial charge in [-0.05, 0) is 69.5 Å². The van der Waals surface area contributed by atoms with Gasteiger partial charge >= 0.3 is 0 Å². The topological polar surface area (TPSA) is 49.5 Å². The standard InChI is InChI=1S/C16H28N2O/c1-12-9-14(3)15(10-13(12)2)6-8-18(4)11-16(19)5-7-17/h9-10,16,19H,5-8,11,17H2,1-4H3. The monoisotopic (exact) mass is 264 g/mol. The molecule has 19 heavy (non-hydrogen) atoms. The minimum atomic E-state index is -0.309. The Hall–Kier alpha value is -0.900. The van der Waals surface area contributed by atoms with E-state index in [1.54, 1.807) is 0 Å². The summed E-state index contributed by atoms with van der Waals surface area (Å²) in [5.41, 5.74) is 10.9.